The molecule has 0 saturated carbocycles. The molecule has 2 rings (SSSR count). The number of benzene rings is 1. The van der Waals surface area contributed by atoms with Gasteiger partial charge in [-0.15, -0.1) is 0 Å². The molecule has 74 valence electrons. The number of carbonyl (C=O) groups is 1. The topological polar surface area (TPSA) is 29.1 Å². The summed E-state index contributed by atoms with van der Waals surface area (Å²) < 4.78 is 13.2. The Morgan fingerprint density at radius 3 is 2.93 bits per heavy atom. The second kappa shape index (κ2) is 3.40. The van der Waals surface area contributed by atoms with Crippen LogP contribution in [0.5, 0.6) is 0 Å². The van der Waals surface area contributed by atoms with Gasteiger partial charge in [-0.1, -0.05) is 12.1 Å². The first-order valence-electron chi connectivity index (χ1n) is 4.70. The molecule has 1 fully saturated rings. The molecule has 0 bridgehead atoms. The molecule has 1 amide bonds. The highest BCUT2D eigenvalue weighted by atomic mass is 19.1. The molecule has 1 aromatic rings. The van der Waals surface area contributed by atoms with Gasteiger partial charge in [0.25, 0.3) is 0 Å². The summed E-state index contributed by atoms with van der Waals surface area (Å²) in [6.07, 6.45) is 0.476. The minimum absolute atomic E-state index is 0.0543. The lowest BCUT2D eigenvalue weighted by Crippen LogP contribution is -2.13. The van der Waals surface area contributed by atoms with E-state index in [1.807, 2.05) is 6.07 Å². The maximum Gasteiger partial charge on any atom is 0.220 e. The molecule has 0 aliphatic carbocycles. The van der Waals surface area contributed by atoms with Crippen LogP contribution in [0.1, 0.15) is 23.5 Å². The molecule has 1 N–H and O–H groups in total. The number of rotatable bonds is 1. The summed E-state index contributed by atoms with van der Waals surface area (Å²) in [6, 6.07) is 5.03. The Morgan fingerprint density at radius 2 is 2.29 bits per heavy atom. The average Bonchev–Trinajstić information content (AvgIpc) is 2.57. The number of carbonyl (C=O) groups excluding carboxylic acids is 1. The van der Waals surface area contributed by atoms with Gasteiger partial charge in [-0.2, -0.15) is 0 Å². The highest BCUT2D eigenvalue weighted by Crippen LogP contribution is 2.26. The van der Waals surface area contributed by atoms with Crippen LogP contribution < -0.4 is 5.32 Å². The summed E-state index contributed by atoms with van der Waals surface area (Å²) in [7, 11) is 0. The van der Waals surface area contributed by atoms with Crippen molar-refractivity contribution in [2.24, 2.45) is 0 Å². The van der Waals surface area contributed by atoms with E-state index < -0.39 is 0 Å². The Bertz CT molecular complexity index is 376. The van der Waals surface area contributed by atoms with Gasteiger partial charge < -0.3 is 5.32 Å². The lowest BCUT2D eigenvalue weighted by molar-refractivity contribution is -0.119. The van der Waals surface area contributed by atoms with E-state index in [0.717, 1.165) is 5.56 Å². The van der Waals surface area contributed by atoms with Gasteiger partial charge in [-0.05, 0) is 24.1 Å². The van der Waals surface area contributed by atoms with Crippen LogP contribution in [0, 0.1) is 12.7 Å². The zero-order chi connectivity index (χ0) is 10.1. The zero-order valence-corrected chi connectivity index (χ0v) is 8.01. The van der Waals surface area contributed by atoms with Crippen molar-refractivity contribution in [1.29, 1.82) is 0 Å². The normalized spacial score (nSPS) is 21.0. The van der Waals surface area contributed by atoms with Gasteiger partial charge in [-0.25, -0.2) is 4.39 Å². The van der Waals surface area contributed by atoms with E-state index in [0.29, 0.717) is 18.5 Å². The van der Waals surface area contributed by atoms with Gasteiger partial charge in [0, 0.05) is 18.9 Å². The molecule has 1 aliphatic rings. The predicted molar refractivity (Wildman–Crippen MR) is 51.5 cm³/mol. The largest absolute Gasteiger partial charge is 0.355 e. The Morgan fingerprint density at radius 1 is 1.50 bits per heavy atom. The molecular formula is C11H12FNO. The highest BCUT2D eigenvalue weighted by molar-refractivity contribution is 5.79. The summed E-state index contributed by atoms with van der Waals surface area (Å²) in [6.45, 7) is 2.39. The van der Waals surface area contributed by atoms with Crippen LogP contribution in [-0.2, 0) is 4.79 Å². The minimum atomic E-state index is -0.193. The van der Waals surface area contributed by atoms with Crippen molar-refractivity contribution < 1.29 is 9.18 Å². The molecule has 1 atom stereocenters. The monoisotopic (exact) mass is 193 g/mol. The third-order valence-corrected chi connectivity index (χ3v) is 2.73. The molecule has 1 heterocycles. The molecule has 14 heavy (non-hydrogen) atoms. The molecule has 1 aromatic carbocycles. The highest BCUT2D eigenvalue weighted by Gasteiger charge is 2.24. The minimum Gasteiger partial charge on any atom is -0.355 e. The van der Waals surface area contributed by atoms with Crippen LogP contribution >= 0.6 is 0 Å². The van der Waals surface area contributed by atoms with E-state index in [-0.39, 0.29) is 17.6 Å². The van der Waals surface area contributed by atoms with E-state index in [4.69, 9.17) is 0 Å². The standard InChI is InChI=1S/C11H12FNO/c1-7-9(3-2-4-10(7)12)8-5-11(14)13-6-8/h2-4,8H,5-6H2,1H3,(H,13,14). The fourth-order valence-electron chi connectivity index (χ4n) is 1.89. The van der Waals surface area contributed by atoms with Crippen molar-refractivity contribution in [3.63, 3.8) is 0 Å². The molecule has 1 unspecified atom stereocenters. The van der Waals surface area contributed by atoms with Crippen molar-refractivity contribution in [1.82, 2.24) is 5.32 Å². The SMILES string of the molecule is Cc1c(F)cccc1C1CNC(=O)C1. The third kappa shape index (κ3) is 1.50. The molecular weight excluding hydrogens is 181 g/mol. The van der Waals surface area contributed by atoms with E-state index in [2.05, 4.69) is 5.32 Å². The van der Waals surface area contributed by atoms with Crippen molar-refractivity contribution in [3.8, 4) is 0 Å². The van der Waals surface area contributed by atoms with Gasteiger partial charge >= 0.3 is 0 Å². The molecule has 0 spiro atoms. The van der Waals surface area contributed by atoms with Crippen LogP contribution in [0.4, 0.5) is 4.39 Å². The molecule has 1 saturated heterocycles. The van der Waals surface area contributed by atoms with Crippen molar-refractivity contribution in [3.05, 3.63) is 35.1 Å². The maximum atomic E-state index is 13.2. The van der Waals surface area contributed by atoms with E-state index >= 15 is 0 Å². The summed E-state index contributed by atoms with van der Waals surface area (Å²) >= 11 is 0. The van der Waals surface area contributed by atoms with Gasteiger partial charge in [0.2, 0.25) is 5.91 Å². The molecule has 0 radical (unpaired) electrons. The van der Waals surface area contributed by atoms with Crippen molar-refractivity contribution in [2.45, 2.75) is 19.3 Å². The summed E-state index contributed by atoms with van der Waals surface area (Å²) in [5.74, 6) is -0.00119. The maximum absolute atomic E-state index is 13.2. The first-order valence-corrected chi connectivity index (χ1v) is 4.70. The van der Waals surface area contributed by atoms with Crippen LogP contribution in [0.2, 0.25) is 0 Å². The summed E-state index contributed by atoms with van der Waals surface area (Å²) in [4.78, 5) is 11.0. The van der Waals surface area contributed by atoms with Crippen LogP contribution in [-0.4, -0.2) is 12.5 Å². The van der Waals surface area contributed by atoms with Gasteiger partial charge in [0.15, 0.2) is 0 Å². The van der Waals surface area contributed by atoms with Crippen LogP contribution in [0.25, 0.3) is 0 Å². The number of hydrogen-bond acceptors (Lipinski definition) is 1. The smallest absolute Gasteiger partial charge is 0.220 e. The first-order chi connectivity index (χ1) is 6.68. The molecule has 0 aromatic heterocycles. The van der Waals surface area contributed by atoms with Gasteiger partial charge in [-0.3, -0.25) is 4.79 Å². The lowest BCUT2D eigenvalue weighted by atomic mass is 9.94. The second-order valence-corrected chi connectivity index (χ2v) is 3.66. The Hall–Kier alpha value is -1.38. The van der Waals surface area contributed by atoms with Crippen LogP contribution in [0.3, 0.4) is 0 Å². The van der Waals surface area contributed by atoms with Gasteiger partial charge in [0.1, 0.15) is 5.82 Å². The lowest BCUT2D eigenvalue weighted by Gasteiger charge is -2.11. The van der Waals surface area contributed by atoms with E-state index in [9.17, 15) is 9.18 Å². The summed E-state index contributed by atoms with van der Waals surface area (Å²) in [5, 5.41) is 2.75. The van der Waals surface area contributed by atoms with E-state index in [1.54, 1.807) is 13.0 Å². The van der Waals surface area contributed by atoms with E-state index in [1.165, 1.54) is 6.07 Å². The quantitative estimate of drug-likeness (QED) is 0.723. The Labute approximate surface area is 82.1 Å². The number of amides is 1. The fraction of sp³-hybridized carbons (Fsp3) is 0.364. The Balaban J connectivity index is 2.32. The van der Waals surface area contributed by atoms with Crippen molar-refractivity contribution in [2.75, 3.05) is 6.54 Å². The number of halogens is 1. The third-order valence-electron chi connectivity index (χ3n) is 2.73. The summed E-state index contributed by atoms with van der Waals surface area (Å²) in [5.41, 5.74) is 1.61. The molecule has 1 aliphatic heterocycles. The molecule has 2 nitrogen and oxygen atoms in total. The Kier molecular flexibility index (Phi) is 2.23. The number of nitrogens with one attached hydrogen (secondary N) is 1. The predicted octanol–water partition coefficient (Wildman–Crippen LogP) is 1.74. The molecule has 3 heteroatoms. The second-order valence-electron chi connectivity index (χ2n) is 3.66. The van der Waals surface area contributed by atoms with Crippen LogP contribution in [0.15, 0.2) is 18.2 Å². The van der Waals surface area contributed by atoms with Gasteiger partial charge in [0.05, 0.1) is 0 Å². The number of hydrogen-bond donors (Lipinski definition) is 1. The van der Waals surface area contributed by atoms with Crippen molar-refractivity contribution >= 4 is 5.91 Å². The fourth-order valence-corrected chi connectivity index (χ4v) is 1.89. The average molecular weight is 193 g/mol. The zero-order valence-electron chi connectivity index (χ0n) is 8.01. The first kappa shape index (κ1) is 9.19.